The van der Waals surface area contributed by atoms with E-state index in [1.54, 1.807) is 24.3 Å². The third kappa shape index (κ3) is 2.40. The molecule has 0 fully saturated rings. The van der Waals surface area contributed by atoms with Crippen LogP contribution in [0.5, 0.6) is 5.75 Å². The van der Waals surface area contributed by atoms with E-state index in [4.69, 9.17) is 10.5 Å². The third-order valence-electron chi connectivity index (χ3n) is 3.41. The number of benzene rings is 2. The van der Waals surface area contributed by atoms with Crippen LogP contribution in [0.2, 0.25) is 0 Å². The van der Waals surface area contributed by atoms with E-state index < -0.39 is 9.84 Å². The molecule has 2 aromatic carbocycles. The van der Waals surface area contributed by atoms with Gasteiger partial charge in [-0.15, -0.1) is 0 Å². The van der Waals surface area contributed by atoms with Crippen LogP contribution in [0, 0.1) is 6.92 Å². The first-order chi connectivity index (χ1) is 9.98. The summed E-state index contributed by atoms with van der Waals surface area (Å²) in [7, 11) is -3.54. The summed E-state index contributed by atoms with van der Waals surface area (Å²) in [4.78, 5) is 0.420. The van der Waals surface area contributed by atoms with Crippen molar-refractivity contribution in [2.24, 2.45) is 0 Å². The van der Waals surface area contributed by atoms with Crippen molar-refractivity contribution in [3.63, 3.8) is 0 Å². The number of hydrogen-bond donors (Lipinski definition) is 1. The predicted octanol–water partition coefficient (Wildman–Crippen LogP) is 2.78. The van der Waals surface area contributed by atoms with Gasteiger partial charge in [-0.05, 0) is 36.8 Å². The molecular weight excluding hydrogens is 286 g/mol. The zero-order valence-electron chi connectivity index (χ0n) is 11.5. The van der Waals surface area contributed by atoms with Gasteiger partial charge in [0.05, 0.1) is 10.6 Å². The van der Waals surface area contributed by atoms with Gasteiger partial charge in [-0.3, -0.25) is 0 Å². The van der Waals surface area contributed by atoms with Gasteiger partial charge in [0.2, 0.25) is 9.84 Å². The van der Waals surface area contributed by atoms with Gasteiger partial charge in [0.25, 0.3) is 0 Å². The molecule has 0 spiro atoms. The molecule has 0 atom stereocenters. The number of aryl methyl sites for hydroxylation is 1. The average Bonchev–Trinajstić information content (AvgIpc) is 2.70. The summed E-state index contributed by atoms with van der Waals surface area (Å²) >= 11 is 0. The monoisotopic (exact) mass is 301 g/mol. The van der Waals surface area contributed by atoms with Crippen molar-refractivity contribution in [3.8, 4) is 5.75 Å². The van der Waals surface area contributed by atoms with Crippen molar-refractivity contribution in [3.05, 3.63) is 58.5 Å². The van der Waals surface area contributed by atoms with Gasteiger partial charge in [0.15, 0.2) is 0 Å². The second-order valence-electron chi connectivity index (χ2n) is 4.98. The standard InChI is InChI=1S/C16H15NO3S/c1-11-5-7-13(8-6-11)20-10-14-9-12-3-2-4-15(17)16(12)21(14,18)19/h2-9H,10,17H2,1H3. The van der Waals surface area contributed by atoms with Crippen molar-refractivity contribution in [1.29, 1.82) is 0 Å². The first kappa shape index (κ1) is 13.7. The Bertz CT molecular complexity index is 821. The van der Waals surface area contributed by atoms with Crippen LogP contribution in [0.15, 0.2) is 52.3 Å². The highest BCUT2D eigenvalue weighted by Gasteiger charge is 2.31. The van der Waals surface area contributed by atoms with E-state index >= 15 is 0 Å². The van der Waals surface area contributed by atoms with Crippen LogP contribution in [0.1, 0.15) is 11.1 Å². The quantitative estimate of drug-likeness (QED) is 0.885. The van der Waals surface area contributed by atoms with E-state index in [2.05, 4.69) is 0 Å². The molecule has 0 saturated heterocycles. The van der Waals surface area contributed by atoms with E-state index in [1.165, 1.54) is 0 Å². The van der Waals surface area contributed by atoms with Gasteiger partial charge in [-0.1, -0.05) is 29.8 Å². The molecule has 0 radical (unpaired) electrons. The molecular formula is C16H15NO3S. The number of fused-ring (bicyclic) bond motifs is 1. The predicted molar refractivity (Wildman–Crippen MR) is 82.7 cm³/mol. The third-order valence-corrected chi connectivity index (χ3v) is 5.34. The Morgan fingerprint density at radius 3 is 2.48 bits per heavy atom. The van der Waals surface area contributed by atoms with E-state index in [0.717, 1.165) is 5.56 Å². The highest BCUT2D eigenvalue weighted by Crippen LogP contribution is 2.36. The molecule has 1 heterocycles. The lowest BCUT2D eigenvalue weighted by Crippen LogP contribution is -2.10. The highest BCUT2D eigenvalue weighted by molar-refractivity contribution is 7.96. The second kappa shape index (κ2) is 4.93. The van der Waals surface area contributed by atoms with Crippen LogP contribution < -0.4 is 10.5 Å². The zero-order chi connectivity index (χ0) is 15.0. The fourth-order valence-corrected chi connectivity index (χ4v) is 3.86. The van der Waals surface area contributed by atoms with Gasteiger partial charge in [0, 0.05) is 0 Å². The van der Waals surface area contributed by atoms with Gasteiger partial charge < -0.3 is 10.5 Å². The molecule has 108 valence electrons. The molecule has 0 bridgehead atoms. The number of nitrogen functional groups attached to an aromatic ring is 1. The maximum absolute atomic E-state index is 12.5. The number of hydrogen-bond acceptors (Lipinski definition) is 4. The van der Waals surface area contributed by atoms with Gasteiger partial charge in [-0.25, -0.2) is 8.42 Å². The van der Waals surface area contributed by atoms with Crippen LogP contribution in [0.3, 0.4) is 0 Å². The summed E-state index contributed by atoms with van der Waals surface area (Å²) in [5, 5.41) is 0. The number of sulfone groups is 1. The molecule has 0 aliphatic carbocycles. The Labute approximate surface area is 123 Å². The van der Waals surface area contributed by atoms with Crippen LogP contribution in [0.25, 0.3) is 6.08 Å². The fraction of sp³-hybridized carbons (Fsp3) is 0.125. The Balaban J connectivity index is 1.85. The SMILES string of the molecule is Cc1ccc(OCC2=Cc3cccc(N)c3S2(=O)=O)cc1. The highest BCUT2D eigenvalue weighted by atomic mass is 32.2. The minimum absolute atomic E-state index is 0.000482. The van der Waals surface area contributed by atoms with Crippen molar-refractivity contribution in [2.75, 3.05) is 12.3 Å². The smallest absolute Gasteiger partial charge is 0.208 e. The molecule has 0 saturated carbocycles. The molecule has 1 aliphatic rings. The first-order valence-corrected chi connectivity index (χ1v) is 8.00. The summed E-state index contributed by atoms with van der Waals surface area (Å²) in [6.45, 7) is 1.98. The van der Waals surface area contributed by atoms with E-state index in [1.807, 2.05) is 31.2 Å². The Morgan fingerprint density at radius 2 is 1.81 bits per heavy atom. The summed E-state index contributed by atoms with van der Waals surface area (Å²) in [5.41, 5.74) is 7.80. The topological polar surface area (TPSA) is 69.4 Å². The number of rotatable bonds is 3. The largest absolute Gasteiger partial charge is 0.488 e. The van der Waals surface area contributed by atoms with Crippen LogP contribution in [-0.2, 0) is 9.84 Å². The van der Waals surface area contributed by atoms with Gasteiger partial charge in [0.1, 0.15) is 17.3 Å². The maximum atomic E-state index is 12.5. The van der Waals surface area contributed by atoms with Crippen LogP contribution >= 0.6 is 0 Å². The molecule has 5 heteroatoms. The van der Waals surface area contributed by atoms with Crippen LogP contribution in [0.4, 0.5) is 5.69 Å². The summed E-state index contributed by atoms with van der Waals surface area (Å²) in [6.07, 6.45) is 1.62. The second-order valence-corrected chi connectivity index (χ2v) is 6.92. The molecule has 0 unspecified atom stereocenters. The number of nitrogens with two attached hydrogens (primary N) is 1. The van der Waals surface area contributed by atoms with Crippen molar-refractivity contribution in [1.82, 2.24) is 0 Å². The zero-order valence-corrected chi connectivity index (χ0v) is 12.4. The Hall–Kier alpha value is -2.27. The molecule has 4 nitrogen and oxygen atoms in total. The fourth-order valence-electron chi connectivity index (χ4n) is 2.29. The summed E-state index contributed by atoms with van der Waals surface area (Å²) < 4.78 is 30.5. The minimum atomic E-state index is -3.54. The first-order valence-electron chi connectivity index (χ1n) is 6.52. The molecule has 0 amide bonds. The lowest BCUT2D eigenvalue weighted by Gasteiger charge is -2.08. The average molecular weight is 301 g/mol. The van der Waals surface area contributed by atoms with Crippen molar-refractivity contribution in [2.45, 2.75) is 11.8 Å². The van der Waals surface area contributed by atoms with Crippen LogP contribution in [-0.4, -0.2) is 15.0 Å². The van der Waals surface area contributed by atoms with Crippen molar-refractivity contribution >= 4 is 21.6 Å². The molecule has 0 aromatic heterocycles. The molecule has 21 heavy (non-hydrogen) atoms. The van der Waals surface area contributed by atoms with E-state index in [-0.39, 0.29) is 22.1 Å². The summed E-state index contributed by atoms with van der Waals surface area (Å²) in [6, 6.07) is 12.5. The Morgan fingerprint density at radius 1 is 1.10 bits per heavy atom. The lowest BCUT2D eigenvalue weighted by atomic mass is 10.2. The number of anilines is 1. The van der Waals surface area contributed by atoms with Gasteiger partial charge in [-0.2, -0.15) is 0 Å². The maximum Gasteiger partial charge on any atom is 0.208 e. The number of ether oxygens (including phenoxy) is 1. The Kier molecular flexibility index (Phi) is 3.22. The van der Waals surface area contributed by atoms with E-state index in [9.17, 15) is 8.42 Å². The van der Waals surface area contributed by atoms with Gasteiger partial charge >= 0.3 is 0 Å². The molecule has 2 N–H and O–H groups in total. The summed E-state index contributed by atoms with van der Waals surface area (Å²) in [5.74, 6) is 0.639. The molecule has 2 aromatic rings. The minimum Gasteiger partial charge on any atom is -0.488 e. The molecule has 1 aliphatic heterocycles. The molecule has 3 rings (SSSR count). The van der Waals surface area contributed by atoms with Crippen molar-refractivity contribution < 1.29 is 13.2 Å². The van der Waals surface area contributed by atoms with E-state index in [0.29, 0.717) is 11.3 Å². The lowest BCUT2D eigenvalue weighted by molar-refractivity contribution is 0.359. The normalized spacial score (nSPS) is 15.4.